The van der Waals surface area contributed by atoms with Crippen molar-refractivity contribution in [3.63, 3.8) is 0 Å². The van der Waals surface area contributed by atoms with Gasteiger partial charge in [0.25, 0.3) is 11.8 Å². The van der Waals surface area contributed by atoms with E-state index in [-0.39, 0.29) is 23.9 Å². The highest BCUT2D eigenvalue weighted by Crippen LogP contribution is 2.30. The van der Waals surface area contributed by atoms with Crippen LogP contribution in [0.5, 0.6) is 0 Å². The summed E-state index contributed by atoms with van der Waals surface area (Å²) < 4.78 is 0. The van der Waals surface area contributed by atoms with Gasteiger partial charge >= 0.3 is 0 Å². The molecule has 4 heteroatoms. The fourth-order valence-electron chi connectivity index (χ4n) is 3.31. The van der Waals surface area contributed by atoms with Crippen molar-refractivity contribution >= 4 is 11.8 Å². The topological polar surface area (TPSA) is 63.4 Å². The predicted octanol–water partition coefficient (Wildman–Crippen LogP) is 2.25. The van der Waals surface area contributed by atoms with Crippen molar-refractivity contribution in [3.05, 3.63) is 34.9 Å². The third-order valence-electron chi connectivity index (χ3n) is 4.44. The lowest BCUT2D eigenvalue weighted by atomic mass is 10.0. The number of benzene rings is 1. The first-order valence-corrected chi connectivity index (χ1v) is 7.33. The van der Waals surface area contributed by atoms with E-state index in [1.807, 2.05) is 13.0 Å². The summed E-state index contributed by atoms with van der Waals surface area (Å²) in [4.78, 5) is 26.5. The van der Waals surface area contributed by atoms with E-state index in [0.717, 1.165) is 37.7 Å². The molecule has 1 saturated carbocycles. The number of hydrogen-bond donors (Lipinski definition) is 1. The minimum Gasteiger partial charge on any atom is -0.326 e. The molecule has 1 heterocycles. The largest absolute Gasteiger partial charge is 0.326 e. The Balaban J connectivity index is 1.96. The van der Waals surface area contributed by atoms with Gasteiger partial charge in [-0.25, -0.2) is 0 Å². The molecule has 1 aromatic rings. The molecule has 0 spiro atoms. The van der Waals surface area contributed by atoms with E-state index in [2.05, 4.69) is 0 Å². The van der Waals surface area contributed by atoms with E-state index in [1.165, 1.54) is 4.90 Å². The SMILES string of the molecule is Cc1ccc2c(c1)C(=O)N(C1CCCCCC1N)C2=O. The lowest BCUT2D eigenvalue weighted by molar-refractivity contribution is 0.0552. The van der Waals surface area contributed by atoms with Crippen LogP contribution in [0.3, 0.4) is 0 Å². The van der Waals surface area contributed by atoms with Crippen LogP contribution in [0.4, 0.5) is 0 Å². The Labute approximate surface area is 118 Å². The molecule has 1 fully saturated rings. The van der Waals surface area contributed by atoms with Gasteiger partial charge in [-0.15, -0.1) is 0 Å². The van der Waals surface area contributed by atoms with Gasteiger partial charge in [0.05, 0.1) is 17.2 Å². The molecule has 2 unspecified atom stereocenters. The standard InChI is InChI=1S/C16H20N2O2/c1-10-7-8-11-12(9-10)16(20)18(15(11)19)14-6-4-2-3-5-13(14)17/h7-9,13-14H,2-6,17H2,1H3. The molecule has 20 heavy (non-hydrogen) atoms. The first-order chi connectivity index (χ1) is 9.59. The maximum atomic E-state index is 12.6. The number of nitrogens with two attached hydrogens (primary N) is 1. The molecule has 2 amide bonds. The van der Waals surface area contributed by atoms with Crippen LogP contribution in [-0.4, -0.2) is 28.8 Å². The molecule has 1 aromatic carbocycles. The summed E-state index contributed by atoms with van der Waals surface area (Å²) in [7, 11) is 0. The molecule has 2 atom stereocenters. The number of aryl methyl sites for hydroxylation is 1. The third-order valence-corrected chi connectivity index (χ3v) is 4.44. The van der Waals surface area contributed by atoms with Crippen molar-refractivity contribution < 1.29 is 9.59 Å². The monoisotopic (exact) mass is 272 g/mol. The maximum absolute atomic E-state index is 12.6. The molecule has 2 N–H and O–H groups in total. The second-order valence-electron chi connectivity index (χ2n) is 5.90. The van der Waals surface area contributed by atoms with Gasteiger partial charge in [-0.3, -0.25) is 14.5 Å². The highest BCUT2D eigenvalue weighted by Gasteiger charge is 2.42. The van der Waals surface area contributed by atoms with Crippen molar-refractivity contribution in [2.45, 2.75) is 51.1 Å². The van der Waals surface area contributed by atoms with Gasteiger partial charge in [-0.05, 0) is 31.9 Å². The Morgan fingerprint density at radius 1 is 1.05 bits per heavy atom. The third kappa shape index (κ3) is 2.04. The molecule has 4 nitrogen and oxygen atoms in total. The molecule has 1 aliphatic carbocycles. The van der Waals surface area contributed by atoms with Crippen LogP contribution in [-0.2, 0) is 0 Å². The van der Waals surface area contributed by atoms with Gasteiger partial charge in [-0.1, -0.05) is 30.9 Å². The number of fused-ring (bicyclic) bond motifs is 1. The smallest absolute Gasteiger partial charge is 0.261 e. The zero-order valence-electron chi connectivity index (χ0n) is 11.8. The summed E-state index contributed by atoms with van der Waals surface area (Å²) in [6.07, 6.45) is 4.96. The molecule has 0 saturated heterocycles. The van der Waals surface area contributed by atoms with E-state index in [4.69, 9.17) is 5.73 Å². The molecular formula is C16H20N2O2. The quantitative estimate of drug-likeness (QED) is 0.630. The van der Waals surface area contributed by atoms with Crippen LogP contribution in [0.25, 0.3) is 0 Å². The molecule has 2 aliphatic rings. The summed E-state index contributed by atoms with van der Waals surface area (Å²) >= 11 is 0. The molecule has 0 bridgehead atoms. The molecule has 0 aromatic heterocycles. The zero-order chi connectivity index (χ0) is 14.3. The number of rotatable bonds is 1. The van der Waals surface area contributed by atoms with E-state index < -0.39 is 0 Å². The Morgan fingerprint density at radius 2 is 1.75 bits per heavy atom. The van der Waals surface area contributed by atoms with E-state index in [1.54, 1.807) is 12.1 Å². The van der Waals surface area contributed by atoms with Gasteiger partial charge < -0.3 is 5.73 Å². The second kappa shape index (κ2) is 5.02. The summed E-state index contributed by atoms with van der Waals surface area (Å²) in [6, 6.07) is 5.19. The van der Waals surface area contributed by atoms with Gasteiger partial charge in [0.2, 0.25) is 0 Å². The molecule has 3 rings (SSSR count). The fraction of sp³-hybridized carbons (Fsp3) is 0.500. The predicted molar refractivity (Wildman–Crippen MR) is 76.5 cm³/mol. The highest BCUT2D eigenvalue weighted by molar-refractivity contribution is 6.21. The maximum Gasteiger partial charge on any atom is 0.261 e. The normalized spacial score (nSPS) is 26.6. The van der Waals surface area contributed by atoms with Crippen molar-refractivity contribution in [2.24, 2.45) is 5.73 Å². The van der Waals surface area contributed by atoms with Crippen molar-refractivity contribution in [1.82, 2.24) is 4.90 Å². The van der Waals surface area contributed by atoms with Crippen LogP contribution in [0.15, 0.2) is 18.2 Å². The van der Waals surface area contributed by atoms with Gasteiger partial charge in [0.15, 0.2) is 0 Å². The molecular weight excluding hydrogens is 252 g/mol. The number of imide groups is 1. The summed E-state index contributed by atoms with van der Waals surface area (Å²) in [5.74, 6) is -0.344. The van der Waals surface area contributed by atoms with Crippen LogP contribution >= 0.6 is 0 Å². The first kappa shape index (κ1) is 13.3. The average Bonchev–Trinajstić information content (AvgIpc) is 2.57. The Morgan fingerprint density at radius 3 is 2.55 bits per heavy atom. The second-order valence-corrected chi connectivity index (χ2v) is 5.90. The van der Waals surface area contributed by atoms with E-state index >= 15 is 0 Å². The number of hydrogen-bond acceptors (Lipinski definition) is 3. The van der Waals surface area contributed by atoms with Crippen molar-refractivity contribution in [3.8, 4) is 0 Å². The highest BCUT2D eigenvalue weighted by atomic mass is 16.2. The van der Waals surface area contributed by atoms with Crippen LogP contribution in [0, 0.1) is 6.92 Å². The fourth-order valence-corrected chi connectivity index (χ4v) is 3.31. The number of amides is 2. The summed E-state index contributed by atoms with van der Waals surface area (Å²) in [5, 5.41) is 0. The lowest BCUT2D eigenvalue weighted by Crippen LogP contribution is -2.49. The van der Waals surface area contributed by atoms with Gasteiger partial charge in [0, 0.05) is 6.04 Å². The van der Waals surface area contributed by atoms with Crippen LogP contribution < -0.4 is 5.73 Å². The van der Waals surface area contributed by atoms with E-state index in [0.29, 0.717) is 11.1 Å². The Hall–Kier alpha value is -1.68. The summed E-state index contributed by atoms with van der Waals surface area (Å²) in [5.41, 5.74) is 8.26. The van der Waals surface area contributed by atoms with Gasteiger partial charge in [0.1, 0.15) is 0 Å². The van der Waals surface area contributed by atoms with Crippen LogP contribution in [0.1, 0.15) is 58.4 Å². The van der Waals surface area contributed by atoms with Gasteiger partial charge in [-0.2, -0.15) is 0 Å². The number of nitrogens with zero attached hydrogens (tertiary/aromatic N) is 1. The number of carbonyl (C=O) groups excluding carboxylic acids is 2. The van der Waals surface area contributed by atoms with Crippen molar-refractivity contribution in [2.75, 3.05) is 0 Å². The zero-order valence-corrected chi connectivity index (χ0v) is 11.8. The Bertz CT molecular complexity index is 568. The lowest BCUT2D eigenvalue weighted by Gasteiger charge is -2.29. The average molecular weight is 272 g/mol. The summed E-state index contributed by atoms with van der Waals surface area (Å²) in [6.45, 7) is 1.93. The molecule has 106 valence electrons. The molecule has 0 radical (unpaired) electrons. The van der Waals surface area contributed by atoms with Crippen LogP contribution in [0.2, 0.25) is 0 Å². The minimum absolute atomic E-state index is 0.0965. The van der Waals surface area contributed by atoms with E-state index in [9.17, 15) is 9.59 Å². The number of carbonyl (C=O) groups is 2. The Kier molecular flexibility index (Phi) is 3.34. The van der Waals surface area contributed by atoms with Crippen molar-refractivity contribution in [1.29, 1.82) is 0 Å². The minimum atomic E-state index is -0.174. The first-order valence-electron chi connectivity index (χ1n) is 7.33. The molecule has 1 aliphatic heterocycles.